The molecule has 1 heteroatoms. The van der Waals surface area contributed by atoms with E-state index in [1.54, 1.807) is 0 Å². The normalized spacial score (nSPS) is 17.8. The standard InChI is InChI=1S/C16H16O/c1-12-6-9-14(10-7-12)17-16-11-8-13-4-2-3-5-15(13)16/h2-7,9-10,16H,8,11H2,1H3. The summed E-state index contributed by atoms with van der Waals surface area (Å²) in [5.74, 6) is 0.970. The van der Waals surface area contributed by atoms with Crippen molar-refractivity contribution < 1.29 is 4.74 Å². The first-order valence-electron chi connectivity index (χ1n) is 6.14. The Morgan fingerprint density at radius 1 is 1.00 bits per heavy atom. The molecular weight excluding hydrogens is 208 g/mol. The molecule has 1 aliphatic carbocycles. The number of benzene rings is 2. The maximum Gasteiger partial charge on any atom is 0.124 e. The van der Waals surface area contributed by atoms with Crippen molar-refractivity contribution in [3.05, 3.63) is 65.2 Å². The fourth-order valence-electron chi connectivity index (χ4n) is 2.42. The molecule has 17 heavy (non-hydrogen) atoms. The molecule has 0 bridgehead atoms. The first-order valence-corrected chi connectivity index (χ1v) is 6.14. The summed E-state index contributed by atoms with van der Waals surface area (Å²) in [6.07, 6.45) is 2.45. The average Bonchev–Trinajstić information content (AvgIpc) is 2.76. The Morgan fingerprint density at radius 3 is 2.59 bits per heavy atom. The molecule has 1 unspecified atom stereocenters. The van der Waals surface area contributed by atoms with E-state index in [1.807, 2.05) is 0 Å². The van der Waals surface area contributed by atoms with Gasteiger partial charge in [0.15, 0.2) is 0 Å². The van der Waals surface area contributed by atoms with E-state index in [1.165, 1.54) is 16.7 Å². The molecule has 0 saturated heterocycles. The average molecular weight is 224 g/mol. The summed E-state index contributed by atoms with van der Waals surface area (Å²) in [5.41, 5.74) is 4.06. The molecule has 1 nitrogen and oxygen atoms in total. The van der Waals surface area contributed by atoms with Crippen molar-refractivity contribution in [2.75, 3.05) is 0 Å². The summed E-state index contributed by atoms with van der Waals surface area (Å²) in [5, 5.41) is 0. The lowest BCUT2D eigenvalue weighted by Crippen LogP contribution is -2.03. The molecular formula is C16H16O. The fourth-order valence-corrected chi connectivity index (χ4v) is 2.42. The molecule has 0 heterocycles. The Bertz CT molecular complexity index is 513. The number of hydrogen-bond donors (Lipinski definition) is 0. The van der Waals surface area contributed by atoms with E-state index in [4.69, 9.17) is 4.74 Å². The minimum absolute atomic E-state index is 0.230. The molecule has 1 aliphatic rings. The van der Waals surface area contributed by atoms with Crippen LogP contribution in [0.15, 0.2) is 48.5 Å². The van der Waals surface area contributed by atoms with Crippen molar-refractivity contribution in [2.45, 2.75) is 25.9 Å². The van der Waals surface area contributed by atoms with Gasteiger partial charge in [0.25, 0.3) is 0 Å². The van der Waals surface area contributed by atoms with E-state index in [0.29, 0.717) is 0 Å². The number of aryl methyl sites for hydroxylation is 2. The molecule has 0 N–H and O–H groups in total. The van der Waals surface area contributed by atoms with Gasteiger partial charge in [0, 0.05) is 0 Å². The molecule has 0 aromatic heterocycles. The van der Waals surface area contributed by atoms with Crippen LogP contribution in [0, 0.1) is 6.92 Å². The van der Waals surface area contributed by atoms with E-state index in [9.17, 15) is 0 Å². The monoisotopic (exact) mass is 224 g/mol. The van der Waals surface area contributed by atoms with Crippen molar-refractivity contribution in [1.29, 1.82) is 0 Å². The highest BCUT2D eigenvalue weighted by Crippen LogP contribution is 2.34. The topological polar surface area (TPSA) is 9.23 Å². The van der Waals surface area contributed by atoms with Crippen LogP contribution in [0.4, 0.5) is 0 Å². The molecule has 0 saturated carbocycles. The van der Waals surface area contributed by atoms with E-state index in [0.717, 1.165) is 18.6 Å². The van der Waals surface area contributed by atoms with Crippen LogP contribution < -0.4 is 4.74 Å². The highest BCUT2D eigenvalue weighted by atomic mass is 16.5. The van der Waals surface area contributed by atoms with Gasteiger partial charge in [-0.3, -0.25) is 0 Å². The first-order chi connectivity index (χ1) is 8.33. The molecule has 0 amide bonds. The number of ether oxygens (including phenoxy) is 1. The summed E-state index contributed by atoms with van der Waals surface area (Å²) >= 11 is 0. The zero-order valence-corrected chi connectivity index (χ0v) is 10.0. The molecule has 86 valence electrons. The third-order valence-electron chi connectivity index (χ3n) is 3.38. The maximum atomic E-state index is 6.06. The van der Waals surface area contributed by atoms with Crippen LogP contribution in [-0.4, -0.2) is 0 Å². The smallest absolute Gasteiger partial charge is 0.124 e. The van der Waals surface area contributed by atoms with E-state index >= 15 is 0 Å². The van der Waals surface area contributed by atoms with Crippen molar-refractivity contribution >= 4 is 0 Å². The Balaban J connectivity index is 1.81. The molecule has 2 aromatic carbocycles. The third-order valence-corrected chi connectivity index (χ3v) is 3.38. The maximum absolute atomic E-state index is 6.06. The molecule has 0 radical (unpaired) electrons. The van der Waals surface area contributed by atoms with Gasteiger partial charge >= 0.3 is 0 Å². The molecule has 0 spiro atoms. The summed E-state index contributed by atoms with van der Waals surface area (Å²) in [6, 6.07) is 16.9. The Kier molecular flexibility index (Phi) is 2.60. The third kappa shape index (κ3) is 2.05. The van der Waals surface area contributed by atoms with Gasteiger partial charge in [-0.25, -0.2) is 0 Å². The van der Waals surface area contributed by atoms with Crippen LogP contribution in [-0.2, 0) is 6.42 Å². The zero-order chi connectivity index (χ0) is 11.7. The zero-order valence-electron chi connectivity index (χ0n) is 10.0. The first kappa shape index (κ1) is 10.4. The summed E-state index contributed by atoms with van der Waals surface area (Å²) < 4.78 is 6.06. The molecule has 3 rings (SSSR count). The molecule has 1 atom stereocenters. The highest BCUT2D eigenvalue weighted by molar-refractivity contribution is 5.35. The molecule has 0 fully saturated rings. The van der Waals surface area contributed by atoms with Gasteiger partial charge in [-0.2, -0.15) is 0 Å². The van der Waals surface area contributed by atoms with Crippen LogP contribution in [0.25, 0.3) is 0 Å². The van der Waals surface area contributed by atoms with Gasteiger partial charge in [-0.1, -0.05) is 42.0 Å². The predicted octanol–water partition coefficient (Wildman–Crippen LogP) is 4.06. The van der Waals surface area contributed by atoms with Crippen molar-refractivity contribution in [3.8, 4) is 5.75 Å². The molecule has 0 aliphatic heterocycles. The van der Waals surface area contributed by atoms with E-state index in [2.05, 4.69) is 55.5 Å². The van der Waals surface area contributed by atoms with Crippen LogP contribution in [0.5, 0.6) is 5.75 Å². The minimum Gasteiger partial charge on any atom is -0.486 e. The quantitative estimate of drug-likeness (QED) is 0.747. The Labute approximate surface area is 102 Å². The van der Waals surface area contributed by atoms with Gasteiger partial charge in [0.05, 0.1) is 0 Å². The lowest BCUT2D eigenvalue weighted by molar-refractivity contribution is 0.207. The van der Waals surface area contributed by atoms with E-state index in [-0.39, 0.29) is 6.10 Å². The Hall–Kier alpha value is -1.76. The van der Waals surface area contributed by atoms with Crippen LogP contribution in [0.3, 0.4) is 0 Å². The van der Waals surface area contributed by atoms with Gasteiger partial charge in [0.2, 0.25) is 0 Å². The second-order valence-corrected chi connectivity index (χ2v) is 4.66. The van der Waals surface area contributed by atoms with Crippen LogP contribution >= 0.6 is 0 Å². The molecule has 2 aromatic rings. The SMILES string of the molecule is Cc1ccc(OC2CCc3ccccc32)cc1. The fraction of sp³-hybridized carbons (Fsp3) is 0.250. The van der Waals surface area contributed by atoms with Gasteiger partial charge in [-0.05, 0) is 43.0 Å². The minimum atomic E-state index is 0.230. The second-order valence-electron chi connectivity index (χ2n) is 4.66. The van der Waals surface area contributed by atoms with Crippen molar-refractivity contribution in [2.24, 2.45) is 0 Å². The van der Waals surface area contributed by atoms with Gasteiger partial charge < -0.3 is 4.74 Å². The second kappa shape index (κ2) is 4.25. The lowest BCUT2D eigenvalue weighted by atomic mass is 10.1. The van der Waals surface area contributed by atoms with Crippen LogP contribution in [0.1, 0.15) is 29.2 Å². The highest BCUT2D eigenvalue weighted by Gasteiger charge is 2.23. The number of rotatable bonds is 2. The van der Waals surface area contributed by atoms with E-state index < -0.39 is 0 Å². The van der Waals surface area contributed by atoms with Crippen molar-refractivity contribution in [3.63, 3.8) is 0 Å². The summed E-state index contributed by atoms with van der Waals surface area (Å²) in [6.45, 7) is 2.09. The van der Waals surface area contributed by atoms with Gasteiger partial charge in [-0.15, -0.1) is 0 Å². The summed E-state index contributed by atoms with van der Waals surface area (Å²) in [7, 11) is 0. The number of fused-ring (bicyclic) bond motifs is 1. The largest absolute Gasteiger partial charge is 0.486 e. The summed E-state index contributed by atoms with van der Waals surface area (Å²) in [4.78, 5) is 0. The van der Waals surface area contributed by atoms with Crippen LogP contribution in [0.2, 0.25) is 0 Å². The van der Waals surface area contributed by atoms with Gasteiger partial charge in [0.1, 0.15) is 11.9 Å². The lowest BCUT2D eigenvalue weighted by Gasteiger charge is -2.14. The Morgan fingerprint density at radius 2 is 1.76 bits per heavy atom. The number of hydrogen-bond acceptors (Lipinski definition) is 1. The predicted molar refractivity (Wildman–Crippen MR) is 69.3 cm³/mol. The van der Waals surface area contributed by atoms with Crippen molar-refractivity contribution in [1.82, 2.24) is 0 Å².